The van der Waals surface area contributed by atoms with Crippen LogP contribution in [0.2, 0.25) is 0 Å². The summed E-state index contributed by atoms with van der Waals surface area (Å²) in [5, 5.41) is 7.12. The number of hydrogen-bond acceptors (Lipinski definition) is 3. The van der Waals surface area contributed by atoms with Crippen molar-refractivity contribution in [3.63, 3.8) is 0 Å². The van der Waals surface area contributed by atoms with Crippen molar-refractivity contribution in [2.24, 2.45) is 7.05 Å². The molecule has 0 radical (unpaired) electrons. The summed E-state index contributed by atoms with van der Waals surface area (Å²) in [6.07, 6.45) is 0. The van der Waals surface area contributed by atoms with Crippen molar-refractivity contribution in [1.82, 2.24) is 15.1 Å². The highest BCUT2D eigenvalue weighted by atomic mass is 32.2. The van der Waals surface area contributed by atoms with E-state index in [1.807, 2.05) is 0 Å². The molecule has 4 rings (SSSR count). The minimum Gasteiger partial charge on any atom is -0.347 e. The molecule has 2 aromatic carbocycles. The third-order valence-corrected chi connectivity index (χ3v) is 5.37. The predicted molar refractivity (Wildman–Crippen MR) is 95.7 cm³/mol. The molecule has 0 atom stereocenters. The summed E-state index contributed by atoms with van der Waals surface area (Å²) in [7, 11) is 1.74. The van der Waals surface area contributed by atoms with E-state index in [4.69, 9.17) is 0 Å². The van der Waals surface area contributed by atoms with Gasteiger partial charge in [0.15, 0.2) is 5.69 Å². The smallest absolute Gasteiger partial charge is 0.272 e. The van der Waals surface area contributed by atoms with Crippen molar-refractivity contribution in [3.8, 4) is 11.3 Å². The summed E-state index contributed by atoms with van der Waals surface area (Å²) in [6, 6.07) is 10.7. The van der Waals surface area contributed by atoms with E-state index < -0.39 is 0 Å². The van der Waals surface area contributed by atoms with Gasteiger partial charge in [-0.3, -0.25) is 9.48 Å². The van der Waals surface area contributed by atoms with E-state index in [1.165, 1.54) is 24.3 Å². The van der Waals surface area contributed by atoms with Gasteiger partial charge in [0, 0.05) is 35.4 Å². The number of nitrogens with one attached hydrogen (secondary N) is 1. The van der Waals surface area contributed by atoms with E-state index in [2.05, 4.69) is 10.4 Å². The van der Waals surface area contributed by atoms with Gasteiger partial charge in [0.2, 0.25) is 0 Å². The maximum atomic E-state index is 13.7. The molecule has 1 aromatic heterocycles. The quantitative estimate of drug-likeness (QED) is 0.760. The third-order valence-electron chi connectivity index (χ3n) is 4.27. The van der Waals surface area contributed by atoms with Gasteiger partial charge in [-0.1, -0.05) is 12.1 Å². The number of halogens is 2. The van der Waals surface area contributed by atoms with Gasteiger partial charge in [-0.05, 0) is 35.9 Å². The summed E-state index contributed by atoms with van der Waals surface area (Å²) in [5.41, 5.74) is 3.28. The number of carbonyl (C=O) groups excluding carboxylic acids is 1. The fourth-order valence-corrected chi connectivity index (χ4v) is 4.15. The minimum atomic E-state index is -0.345. The zero-order valence-corrected chi connectivity index (χ0v) is 14.7. The lowest BCUT2D eigenvalue weighted by molar-refractivity contribution is 0.0944. The van der Waals surface area contributed by atoms with Crippen LogP contribution in [0.25, 0.3) is 11.3 Å². The molecule has 0 saturated heterocycles. The number of thioether (sulfide) groups is 1. The third kappa shape index (κ3) is 2.99. The first-order valence-electron chi connectivity index (χ1n) is 8.04. The van der Waals surface area contributed by atoms with Gasteiger partial charge >= 0.3 is 0 Å². The molecule has 0 aliphatic carbocycles. The molecule has 0 fully saturated rings. The topological polar surface area (TPSA) is 46.9 Å². The molecule has 0 spiro atoms. The Morgan fingerprint density at radius 1 is 1.23 bits per heavy atom. The molecule has 0 unspecified atom stereocenters. The number of aromatic nitrogens is 2. The average molecular weight is 371 g/mol. The zero-order valence-electron chi connectivity index (χ0n) is 13.9. The first kappa shape index (κ1) is 16.8. The monoisotopic (exact) mass is 371 g/mol. The molecule has 2 heterocycles. The highest BCUT2D eigenvalue weighted by molar-refractivity contribution is 7.98. The molecule has 0 saturated carbocycles. The predicted octanol–water partition coefficient (Wildman–Crippen LogP) is 3.90. The lowest BCUT2D eigenvalue weighted by atomic mass is 10.1. The summed E-state index contributed by atoms with van der Waals surface area (Å²) in [4.78, 5) is 13.6. The van der Waals surface area contributed by atoms with Crippen molar-refractivity contribution in [1.29, 1.82) is 0 Å². The van der Waals surface area contributed by atoms with Gasteiger partial charge in [-0.2, -0.15) is 5.10 Å². The van der Waals surface area contributed by atoms with Crippen molar-refractivity contribution >= 4 is 17.7 Å². The van der Waals surface area contributed by atoms with Gasteiger partial charge in [-0.25, -0.2) is 8.78 Å². The Morgan fingerprint density at radius 3 is 2.85 bits per heavy atom. The number of amides is 1. The van der Waals surface area contributed by atoms with E-state index >= 15 is 0 Å². The Balaban J connectivity index is 1.63. The highest BCUT2D eigenvalue weighted by Crippen LogP contribution is 2.42. The molecular formula is C19H15F2N3OS. The second kappa shape index (κ2) is 6.57. The first-order valence-corrected chi connectivity index (χ1v) is 9.02. The second-order valence-corrected chi connectivity index (χ2v) is 7.06. The SMILES string of the molecule is Cn1nc(C(=O)NCc2cccc(F)c2)c2c1-c1cc(F)ccc1SC2. The summed E-state index contributed by atoms with van der Waals surface area (Å²) in [6.45, 7) is 0.209. The summed E-state index contributed by atoms with van der Waals surface area (Å²) < 4.78 is 28.5. The maximum Gasteiger partial charge on any atom is 0.272 e. The van der Waals surface area contributed by atoms with E-state index in [1.54, 1.807) is 41.7 Å². The molecule has 4 nitrogen and oxygen atoms in total. The average Bonchev–Trinajstić information content (AvgIpc) is 2.97. The Hall–Kier alpha value is -2.67. The lowest BCUT2D eigenvalue weighted by Crippen LogP contribution is -2.24. The maximum absolute atomic E-state index is 13.7. The van der Waals surface area contributed by atoms with Crippen LogP contribution in [-0.4, -0.2) is 15.7 Å². The Bertz CT molecular complexity index is 1020. The van der Waals surface area contributed by atoms with Crippen LogP contribution in [-0.2, 0) is 19.3 Å². The van der Waals surface area contributed by atoms with Crippen LogP contribution in [0.15, 0.2) is 47.4 Å². The summed E-state index contributed by atoms with van der Waals surface area (Å²) in [5.74, 6) is -0.408. The van der Waals surface area contributed by atoms with Crippen LogP contribution in [0.5, 0.6) is 0 Å². The van der Waals surface area contributed by atoms with Crippen LogP contribution in [0, 0.1) is 11.6 Å². The van der Waals surface area contributed by atoms with E-state index in [0.29, 0.717) is 17.0 Å². The largest absolute Gasteiger partial charge is 0.347 e. The highest BCUT2D eigenvalue weighted by Gasteiger charge is 2.27. The number of hydrogen-bond donors (Lipinski definition) is 1. The van der Waals surface area contributed by atoms with Gasteiger partial charge in [-0.15, -0.1) is 11.8 Å². The van der Waals surface area contributed by atoms with E-state index in [0.717, 1.165) is 21.7 Å². The number of carbonyl (C=O) groups is 1. The van der Waals surface area contributed by atoms with Crippen LogP contribution in [0.4, 0.5) is 8.78 Å². The minimum absolute atomic E-state index is 0.209. The fourth-order valence-electron chi connectivity index (χ4n) is 3.10. The van der Waals surface area contributed by atoms with Gasteiger partial charge in [0.25, 0.3) is 5.91 Å². The van der Waals surface area contributed by atoms with Crippen molar-refractivity contribution in [2.45, 2.75) is 17.2 Å². The van der Waals surface area contributed by atoms with E-state index in [9.17, 15) is 13.6 Å². The van der Waals surface area contributed by atoms with Crippen LogP contribution in [0.1, 0.15) is 21.6 Å². The van der Waals surface area contributed by atoms with E-state index in [-0.39, 0.29) is 24.1 Å². The normalized spacial score (nSPS) is 12.4. The van der Waals surface area contributed by atoms with Crippen LogP contribution < -0.4 is 5.32 Å². The molecule has 0 bridgehead atoms. The molecule has 1 aliphatic heterocycles. The Labute approximate surface area is 153 Å². The molecule has 1 amide bonds. The fraction of sp³-hybridized carbons (Fsp3) is 0.158. The standard InChI is InChI=1S/C19H15F2N3OS/c1-24-18-14-8-13(21)5-6-16(14)26-10-15(18)17(23-24)19(25)22-9-11-3-2-4-12(20)7-11/h2-8H,9-10H2,1H3,(H,22,25). The summed E-state index contributed by atoms with van der Waals surface area (Å²) >= 11 is 1.55. The molecule has 7 heteroatoms. The van der Waals surface area contributed by atoms with Crippen molar-refractivity contribution in [2.75, 3.05) is 0 Å². The lowest BCUT2D eigenvalue weighted by Gasteiger charge is -2.17. The van der Waals surface area contributed by atoms with Crippen molar-refractivity contribution in [3.05, 3.63) is 70.9 Å². The number of fused-ring (bicyclic) bond motifs is 3. The Morgan fingerprint density at radius 2 is 2.04 bits per heavy atom. The van der Waals surface area contributed by atoms with Gasteiger partial charge in [0.1, 0.15) is 11.6 Å². The zero-order chi connectivity index (χ0) is 18.3. The molecular weight excluding hydrogens is 356 g/mol. The molecule has 26 heavy (non-hydrogen) atoms. The number of aryl methyl sites for hydroxylation is 1. The second-order valence-electron chi connectivity index (χ2n) is 6.04. The van der Waals surface area contributed by atoms with Gasteiger partial charge in [0.05, 0.1) is 5.69 Å². The first-order chi connectivity index (χ1) is 12.5. The molecule has 3 aromatic rings. The number of rotatable bonds is 3. The number of nitrogens with zero attached hydrogens (tertiary/aromatic N) is 2. The molecule has 132 valence electrons. The van der Waals surface area contributed by atoms with Crippen LogP contribution >= 0.6 is 11.8 Å². The number of benzene rings is 2. The van der Waals surface area contributed by atoms with Crippen molar-refractivity contribution < 1.29 is 13.6 Å². The Kier molecular flexibility index (Phi) is 4.24. The molecule has 1 N–H and O–H groups in total. The molecule has 1 aliphatic rings. The van der Waals surface area contributed by atoms with Gasteiger partial charge < -0.3 is 5.32 Å². The van der Waals surface area contributed by atoms with Crippen LogP contribution in [0.3, 0.4) is 0 Å².